The molecule has 0 unspecified atom stereocenters. The second kappa shape index (κ2) is 8.06. The number of ether oxygens (including phenoxy) is 1. The number of para-hydroxylation sites is 2. The van der Waals surface area contributed by atoms with E-state index in [1.807, 2.05) is 25.1 Å². The van der Waals surface area contributed by atoms with E-state index in [0.29, 0.717) is 22.5 Å². The largest absolute Gasteiger partial charge is 0.506 e. The first-order valence-electron chi connectivity index (χ1n) is 9.54. The number of aromatic amines is 1. The van der Waals surface area contributed by atoms with E-state index in [1.165, 1.54) is 12.0 Å². The molecule has 150 valence electrons. The van der Waals surface area contributed by atoms with Crippen LogP contribution in [0.4, 0.5) is 5.69 Å². The number of anilines is 1. The van der Waals surface area contributed by atoms with E-state index in [1.54, 1.807) is 19.9 Å². The number of benzene rings is 1. The third-order valence-electron chi connectivity index (χ3n) is 5.71. The normalized spacial score (nSPS) is 16.1. The number of piperazine rings is 1. The highest BCUT2D eigenvalue weighted by Gasteiger charge is 2.33. The number of esters is 1. The molecular weight excluding hydrogens is 358 g/mol. The number of nitrogens with zero attached hydrogens (tertiary/aromatic N) is 1. The molecule has 1 aliphatic rings. The quantitative estimate of drug-likeness (QED) is 0.529. The van der Waals surface area contributed by atoms with E-state index in [-0.39, 0.29) is 17.6 Å². The van der Waals surface area contributed by atoms with E-state index < -0.39 is 5.97 Å². The molecular formula is C21H28N3O4+. The van der Waals surface area contributed by atoms with Crippen molar-refractivity contribution in [3.8, 4) is 5.75 Å². The summed E-state index contributed by atoms with van der Waals surface area (Å²) in [5.74, 6) is -0.147. The summed E-state index contributed by atoms with van der Waals surface area (Å²) in [5.41, 5.74) is 3.06. The Hall–Kier alpha value is -2.80. The number of nitrogens with one attached hydrogen (secondary N) is 2. The Kier molecular flexibility index (Phi) is 5.74. The average Bonchev–Trinajstić information content (AvgIpc) is 3.01. The molecule has 0 bridgehead atoms. The Labute approximate surface area is 164 Å². The third-order valence-corrected chi connectivity index (χ3v) is 5.71. The molecule has 0 saturated carbocycles. The number of hydrogen-bond acceptors (Lipinski definition) is 5. The van der Waals surface area contributed by atoms with E-state index in [0.717, 1.165) is 31.9 Å². The van der Waals surface area contributed by atoms with Crippen molar-refractivity contribution in [2.75, 3.05) is 38.2 Å². The molecule has 1 aliphatic heterocycles. The Morgan fingerprint density at radius 3 is 2.46 bits per heavy atom. The first-order chi connectivity index (χ1) is 13.3. The molecule has 0 spiro atoms. The lowest BCUT2D eigenvalue weighted by atomic mass is 10.0. The fraction of sp³-hybridized carbons (Fsp3) is 0.429. The lowest BCUT2D eigenvalue weighted by Crippen LogP contribution is -3.18. The first-order valence-corrected chi connectivity index (χ1v) is 9.54. The molecule has 7 nitrogen and oxygen atoms in total. The Morgan fingerprint density at radius 2 is 1.86 bits per heavy atom. The van der Waals surface area contributed by atoms with Gasteiger partial charge in [0.25, 0.3) is 0 Å². The minimum absolute atomic E-state index is 0.00163. The molecule has 2 aromatic rings. The van der Waals surface area contributed by atoms with E-state index in [2.05, 4.69) is 9.88 Å². The zero-order chi connectivity index (χ0) is 20.4. The molecule has 1 aromatic carbocycles. The molecule has 3 N–H and O–H groups in total. The summed E-state index contributed by atoms with van der Waals surface area (Å²) < 4.78 is 4.83. The van der Waals surface area contributed by atoms with Gasteiger partial charge in [0.1, 0.15) is 5.75 Å². The number of ketones is 1. The average molecular weight is 386 g/mol. The smallest absolute Gasteiger partial charge is 0.339 e. The molecule has 7 heteroatoms. The molecule has 28 heavy (non-hydrogen) atoms. The highest BCUT2D eigenvalue weighted by Crippen LogP contribution is 2.26. The fourth-order valence-corrected chi connectivity index (χ4v) is 4.01. The lowest BCUT2D eigenvalue weighted by molar-refractivity contribution is -0.914. The number of hydrogen-bond donors (Lipinski definition) is 3. The molecule has 1 fully saturated rings. The zero-order valence-electron chi connectivity index (χ0n) is 16.8. The van der Waals surface area contributed by atoms with Gasteiger partial charge in [0.15, 0.2) is 6.04 Å². The lowest BCUT2D eigenvalue weighted by Gasteiger charge is -2.36. The molecule has 1 saturated heterocycles. The predicted molar refractivity (Wildman–Crippen MR) is 106 cm³/mol. The molecule has 1 aromatic heterocycles. The van der Waals surface area contributed by atoms with Crippen molar-refractivity contribution >= 4 is 17.4 Å². The van der Waals surface area contributed by atoms with Gasteiger partial charge in [0, 0.05) is 5.69 Å². The highest BCUT2D eigenvalue weighted by atomic mass is 16.5. The van der Waals surface area contributed by atoms with Gasteiger partial charge in [0.05, 0.1) is 50.2 Å². The summed E-state index contributed by atoms with van der Waals surface area (Å²) in [5, 5.41) is 10.1. The van der Waals surface area contributed by atoms with Crippen LogP contribution in [0, 0.1) is 13.8 Å². The van der Waals surface area contributed by atoms with Gasteiger partial charge in [-0.3, -0.25) is 4.79 Å². The van der Waals surface area contributed by atoms with Crippen LogP contribution in [0.25, 0.3) is 0 Å². The van der Waals surface area contributed by atoms with Crippen LogP contribution in [0.1, 0.15) is 39.0 Å². The number of carbonyl (C=O) groups excluding carboxylic acids is 2. The highest BCUT2D eigenvalue weighted by molar-refractivity contribution is 6.03. The third kappa shape index (κ3) is 3.62. The Bertz CT molecular complexity index is 882. The molecule has 1 atom stereocenters. The van der Waals surface area contributed by atoms with Crippen molar-refractivity contribution in [1.82, 2.24) is 4.98 Å². The molecule has 0 aliphatic carbocycles. The summed E-state index contributed by atoms with van der Waals surface area (Å²) in [7, 11) is 1.34. The number of aromatic nitrogens is 1. The molecule has 0 amide bonds. The van der Waals surface area contributed by atoms with Crippen LogP contribution in [-0.2, 0) is 4.74 Å². The summed E-state index contributed by atoms with van der Waals surface area (Å²) >= 11 is 0. The van der Waals surface area contributed by atoms with Crippen LogP contribution in [-0.4, -0.2) is 61.2 Å². The van der Waals surface area contributed by atoms with Gasteiger partial charge in [0.2, 0.25) is 5.78 Å². The number of carbonyl (C=O) groups is 2. The number of phenols is 1. The van der Waals surface area contributed by atoms with Gasteiger partial charge >= 0.3 is 5.97 Å². The van der Waals surface area contributed by atoms with Gasteiger partial charge < -0.3 is 24.6 Å². The molecule has 2 heterocycles. The van der Waals surface area contributed by atoms with Crippen LogP contribution in [0.2, 0.25) is 0 Å². The van der Waals surface area contributed by atoms with Crippen molar-refractivity contribution in [3.63, 3.8) is 0 Å². The minimum atomic E-state index is -0.429. The van der Waals surface area contributed by atoms with E-state index in [9.17, 15) is 14.7 Å². The molecule has 3 rings (SSSR count). The number of quaternary nitrogens is 1. The van der Waals surface area contributed by atoms with Crippen molar-refractivity contribution in [2.45, 2.75) is 26.8 Å². The maximum atomic E-state index is 13.1. The molecule has 0 radical (unpaired) electrons. The number of rotatable bonds is 5. The van der Waals surface area contributed by atoms with E-state index >= 15 is 0 Å². The topological polar surface area (TPSA) is 87.1 Å². The number of Topliss-reactive ketones (excluding diaryl/α,β-unsaturated/α-hetero) is 1. The van der Waals surface area contributed by atoms with Crippen LogP contribution in [0.5, 0.6) is 5.75 Å². The number of H-pyrrole nitrogens is 1. The maximum absolute atomic E-state index is 13.1. The van der Waals surface area contributed by atoms with Crippen LogP contribution >= 0.6 is 0 Å². The Morgan fingerprint density at radius 1 is 1.21 bits per heavy atom. The van der Waals surface area contributed by atoms with Crippen molar-refractivity contribution in [2.24, 2.45) is 0 Å². The summed E-state index contributed by atoms with van der Waals surface area (Å²) in [6, 6.07) is 7.10. The Balaban J connectivity index is 1.70. The second-order valence-electron chi connectivity index (χ2n) is 7.34. The standard InChI is InChI=1S/C21H27N3O4/c1-13-18(21(27)28-4)14(2)22-19(13)20(26)15(3)23-9-11-24(12-10-23)16-7-5-6-8-17(16)25/h5-8,15,22,25H,9-12H2,1-4H3/p+1/t15-/m1/s1. The van der Waals surface area contributed by atoms with Crippen molar-refractivity contribution in [3.05, 3.63) is 46.8 Å². The predicted octanol–water partition coefficient (Wildman–Crippen LogP) is 1.10. The fourth-order valence-electron chi connectivity index (χ4n) is 4.01. The van der Waals surface area contributed by atoms with Gasteiger partial charge in [-0.05, 0) is 38.5 Å². The first kappa shape index (κ1) is 19.9. The zero-order valence-corrected chi connectivity index (χ0v) is 16.8. The second-order valence-corrected chi connectivity index (χ2v) is 7.34. The SMILES string of the molecule is COC(=O)c1c(C)[nH]c(C(=O)[C@@H](C)[NH+]2CCN(c3ccccc3O)CC2)c1C. The van der Waals surface area contributed by atoms with Gasteiger partial charge in [-0.15, -0.1) is 0 Å². The van der Waals surface area contributed by atoms with E-state index in [4.69, 9.17) is 4.74 Å². The van der Waals surface area contributed by atoms with Crippen molar-refractivity contribution in [1.29, 1.82) is 0 Å². The minimum Gasteiger partial charge on any atom is -0.506 e. The maximum Gasteiger partial charge on any atom is 0.339 e. The summed E-state index contributed by atoms with van der Waals surface area (Å²) in [4.78, 5) is 31.5. The van der Waals surface area contributed by atoms with Crippen LogP contribution in [0.15, 0.2) is 24.3 Å². The van der Waals surface area contributed by atoms with Crippen LogP contribution in [0.3, 0.4) is 0 Å². The van der Waals surface area contributed by atoms with Gasteiger partial charge in [-0.1, -0.05) is 12.1 Å². The van der Waals surface area contributed by atoms with Gasteiger partial charge in [-0.2, -0.15) is 0 Å². The van der Waals surface area contributed by atoms with Gasteiger partial charge in [-0.25, -0.2) is 4.79 Å². The number of phenolic OH excluding ortho intramolecular Hbond substituents is 1. The number of aryl methyl sites for hydroxylation is 1. The van der Waals surface area contributed by atoms with Crippen LogP contribution < -0.4 is 9.80 Å². The monoisotopic (exact) mass is 386 g/mol. The summed E-state index contributed by atoms with van der Waals surface area (Å²) in [6.07, 6.45) is 0. The number of methoxy groups -OCH3 is 1. The number of aromatic hydroxyl groups is 1. The van der Waals surface area contributed by atoms with Crippen molar-refractivity contribution < 1.29 is 24.3 Å². The summed E-state index contributed by atoms with van der Waals surface area (Å²) in [6.45, 7) is 8.61.